The summed E-state index contributed by atoms with van der Waals surface area (Å²) in [6.07, 6.45) is -13.6. The van der Waals surface area contributed by atoms with Crippen molar-refractivity contribution >= 4 is 11.7 Å². The van der Waals surface area contributed by atoms with Gasteiger partial charge >= 0.3 is 18.3 Å². The molecule has 0 aliphatic heterocycles. The smallest absolute Gasteiger partial charge is 0.352 e. The van der Waals surface area contributed by atoms with Crippen LogP contribution in [-0.4, -0.2) is 27.6 Å². The number of hydrogen-bond donors (Lipinski definition) is 1. The summed E-state index contributed by atoms with van der Waals surface area (Å²) in [5, 5.41) is 4.66. The second kappa shape index (κ2) is 8.67. The molecule has 0 bridgehead atoms. The number of aryl methyl sites for hydroxylation is 1. The molecule has 0 saturated carbocycles. The van der Waals surface area contributed by atoms with Gasteiger partial charge in [0, 0.05) is 32.5 Å². The van der Waals surface area contributed by atoms with Crippen molar-refractivity contribution < 1.29 is 53.5 Å². The summed E-state index contributed by atoms with van der Waals surface area (Å²) in [7, 11) is 0.529. The molecule has 5 nitrogen and oxygen atoms in total. The van der Waals surface area contributed by atoms with Crippen LogP contribution in [0.25, 0.3) is 0 Å². The number of aromatic nitrogens is 2. The number of ketones is 1. The third-order valence-corrected chi connectivity index (χ3v) is 4.38. The van der Waals surface area contributed by atoms with E-state index in [9.17, 15) is 53.5 Å². The first-order valence-corrected chi connectivity index (χ1v) is 8.72. The van der Waals surface area contributed by atoms with Gasteiger partial charge in [0.2, 0.25) is 5.91 Å². The lowest BCUT2D eigenvalue weighted by atomic mass is 9.99. The Morgan fingerprint density at radius 3 is 2.09 bits per heavy atom. The van der Waals surface area contributed by atoms with Crippen LogP contribution >= 0.6 is 0 Å². The summed E-state index contributed by atoms with van der Waals surface area (Å²) in [6.45, 7) is 0.342. The van der Waals surface area contributed by atoms with Gasteiger partial charge in [-0.1, -0.05) is 6.07 Å². The highest BCUT2D eigenvalue weighted by atomic mass is 19.4. The fourth-order valence-electron chi connectivity index (χ4n) is 2.88. The average Bonchev–Trinajstić information content (AvgIpc) is 3.01. The summed E-state index contributed by atoms with van der Waals surface area (Å²) in [5.41, 5.74) is -8.48. The Morgan fingerprint density at radius 1 is 1.03 bits per heavy atom. The predicted molar refractivity (Wildman–Crippen MR) is 90.1 cm³/mol. The van der Waals surface area contributed by atoms with E-state index in [4.69, 9.17) is 0 Å². The Balaban J connectivity index is 2.58. The van der Waals surface area contributed by atoms with Crippen LogP contribution in [0.1, 0.15) is 39.8 Å². The quantitative estimate of drug-likeness (QED) is 0.479. The van der Waals surface area contributed by atoms with Crippen molar-refractivity contribution in [2.24, 2.45) is 7.05 Å². The number of amides is 1. The van der Waals surface area contributed by atoms with E-state index in [0.29, 0.717) is 19.2 Å². The number of halogens is 10. The molecule has 0 fully saturated rings. The molecule has 1 aromatic carbocycles. The number of Topliss-reactive ketones (excluding diaryl/α,β-unsaturated/α-hetero) is 1. The summed E-state index contributed by atoms with van der Waals surface area (Å²) in [5.74, 6) is -11.0. The molecular formula is C18H13F10N3O2. The number of hydrogen-bond acceptors (Lipinski definition) is 3. The lowest BCUT2D eigenvalue weighted by Crippen LogP contribution is -2.36. The van der Waals surface area contributed by atoms with E-state index in [-0.39, 0.29) is 4.68 Å². The Hall–Kier alpha value is -3.13. The van der Waals surface area contributed by atoms with Crippen LogP contribution in [-0.2, 0) is 36.9 Å². The van der Waals surface area contributed by atoms with Crippen molar-refractivity contribution in [1.29, 1.82) is 0 Å². The number of benzene rings is 1. The highest BCUT2D eigenvalue weighted by Gasteiger charge is 2.64. The van der Waals surface area contributed by atoms with Gasteiger partial charge in [-0.2, -0.15) is 40.2 Å². The Bertz CT molecular complexity index is 1090. The molecule has 1 heterocycles. The maximum Gasteiger partial charge on any atom is 0.459 e. The lowest BCUT2D eigenvalue weighted by molar-refractivity contribution is -0.292. The highest BCUT2D eigenvalue weighted by Crippen LogP contribution is 2.48. The van der Waals surface area contributed by atoms with Crippen LogP contribution in [0.3, 0.4) is 0 Å². The van der Waals surface area contributed by atoms with Crippen LogP contribution in [0.4, 0.5) is 43.9 Å². The molecule has 2 aromatic rings. The maximum atomic E-state index is 14.6. The van der Waals surface area contributed by atoms with Crippen molar-refractivity contribution in [3.05, 3.63) is 51.8 Å². The van der Waals surface area contributed by atoms with Crippen molar-refractivity contribution in [1.82, 2.24) is 15.1 Å². The second-order valence-corrected chi connectivity index (χ2v) is 6.77. The number of rotatable bonds is 6. The van der Waals surface area contributed by atoms with Crippen molar-refractivity contribution in [3.8, 4) is 0 Å². The summed E-state index contributed by atoms with van der Waals surface area (Å²) >= 11 is 0. The van der Waals surface area contributed by atoms with Crippen molar-refractivity contribution in [2.45, 2.75) is 38.2 Å². The van der Waals surface area contributed by atoms with Gasteiger partial charge in [0.15, 0.2) is 11.5 Å². The van der Waals surface area contributed by atoms with Gasteiger partial charge in [-0.25, -0.2) is 8.78 Å². The SMILES string of the molecule is CC(=O)NCc1c(F)ccc(CC(=O)c2c(C(F)(F)F)c(C(F)(F)C(F)(F)F)nn2C)c1F. The molecule has 1 aromatic heterocycles. The van der Waals surface area contributed by atoms with Gasteiger partial charge in [0.05, 0.1) is 0 Å². The maximum absolute atomic E-state index is 14.6. The molecular weight excluding hydrogens is 480 g/mol. The first-order chi connectivity index (χ1) is 14.9. The highest BCUT2D eigenvalue weighted by molar-refractivity contribution is 5.98. The fourth-order valence-corrected chi connectivity index (χ4v) is 2.88. The van der Waals surface area contributed by atoms with E-state index in [0.717, 1.165) is 6.92 Å². The number of nitrogens with one attached hydrogen (secondary N) is 1. The van der Waals surface area contributed by atoms with E-state index in [2.05, 4.69) is 10.4 Å². The minimum Gasteiger partial charge on any atom is -0.352 e. The van der Waals surface area contributed by atoms with Crippen molar-refractivity contribution in [2.75, 3.05) is 0 Å². The van der Waals surface area contributed by atoms with Gasteiger partial charge in [0.1, 0.15) is 22.9 Å². The topological polar surface area (TPSA) is 64.0 Å². The summed E-state index contributed by atoms with van der Waals surface area (Å²) in [4.78, 5) is 23.4. The lowest BCUT2D eigenvalue weighted by Gasteiger charge is -2.19. The van der Waals surface area contributed by atoms with Crippen LogP contribution in [0, 0.1) is 11.6 Å². The third kappa shape index (κ3) is 5.11. The standard InChI is InChI=1S/C18H13F10N3O2/c1-7(32)29-6-9-10(19)4-3-8(13(9)20)5-11(33)14-12(17(23,24)25)15(30-31(14)2)16(21,22)18(26,27)28/h3-4H,5-6H2,1-2H3,(H,29,32). The number of alkyl halides is 8. The molecule has 0 aliphatic carbocycles. The van der Waals surface area contributed by atoms with Crippen LogP contribution in [0.2, 0.25) is 0 Å². The molecule has 2 rings (SSSR count). The fraction of sp³-hybridized carbons (Fsp3) is 0.389. The predicted octanol–water partition coefficient (Wildman–Crippen LogP) is 4.43. The minimum atomic E-state index is -6.46. The molecule has 0 radical (unpaired) electrons. The zero-order valence-corrected chi connectivity index (χ0v) is 16.6. The molecule has 1 amide bonds. The van der Waals surface area contributed by atoms with E-state index in [1.54, 1.807) is 0 Å². The Labute approximate surface area is 178 Å². The van der Waals surface area contributed by atoms with Gasteiger partial charge < -0.3 is 5.32 Å². The van der Waals surface area contributed by atoms with Crippen LogP contribution < -0.4 is 5.32 Å². The molecule has 0 unspecified atom stereocenters. The van der Waals surface area contributed by atoms with Crippen LogP contribution in [0.15, 0.2) is 12.1 Å². The van der Waals surface area contributed by atoms with Gasteiger partial charge in [0.25, 0.3) is 0 Å². The zero-order valence-electron chi connectivity index (χ0n) is 16.6. The molecule has 33 heavy (non-hydrogen) atoms. The van der Waals surface area contributed by atoms with Crippen molar-refractivity contribution in [3.63, 3.8) is 0 Å². The molecule has 15 heteroatoms. The zero-order chi connectivity index (χ0) is 25.5. The number of carbonyl (C=O) groups excluding carboxylic acids is 2. The first-order valence-electron chi connectivity index (χ1n) is 8.72. The monoisotopic (exact) mass is 493 g/mol. The summed E-state index contributed by atoms with van der Waals surface area (Å²) in [6, 6.07) is 1.31. The molecule has 1 N–H and O–H groups in total. The third-order valence-electron chi connectivity index (χ3n) is 4.38. The average molecular weight is 493 g/mol. The Kier molecular flexibility index (Phi) is 6.86. The molecule has 0 saturated heterocycles. The van der Waals surface area contributed by atoms with Crippen LogP contribution in [0.5, 0.6) is 0 Å². The molecule has 0 atom stereocenters. The Morgan fingerprint density at radius 2 is 1.61 bits per heavy atom. The van der Waals surface area contributed by atoms with E-state index >= 15 is 0 Å². The second-order valence-electron chi connectivity index (χ2n) is 6.77. The number of nitrogens with zero attached hydrogens (tertiary/aromatic N) is 2. The van der Waals surface area contributed by atoms with E-state index < -0.39 is 82.6 Å². The molecule has 182 valence electrons. The van der Waals surface area contributed by atoms with E-state index in [1.807, 2.05) is 0 Å². The van der Waals surface area contributed by atoms with Gasteiger partial charge in [-0.3, -0.25) is 14.3 Å². The first kappa shape index (κ1) is 26.1. The van der Waals surface area contributed by atoms with E-state index in [1.165, 1.54) is 0 Å². The molecule has 0 aliphatic rings. The number of carbonyl (C=O) groups is 2. The largest absolute Gasteiger partial charge is 0.459 e. The van der Waals surface area contributed by atoms with Gasteiger partial charge in [-0.15, -0.1) is 0 Å². The summed E-state index contributed by atoms with van der Waals surface area (Å²) < 4.78 is 134. The van der Waals surface area contributed by atoms with Gasteiger partial charge in [-0.05, 0) is 11.6 Å². The minimum absolute atomic E-state index is 0.111. The normalized spacial score (nSPS) is 12.7. The molecule has 0 spiro atoms.